The molecule has 0 aliphatic carbocycles. The van der Waals surface area contributed by atoms with Crippen LogP contribution in [0.5, 0.6) is 11.5 Å². The SMILES string of the molecule is COc1cc(OC)cc(N2CCC(CNC(=O)C(C)N)C2)c1. The lowest BCUT2D eigenvalue weighted by molar-refractivity contribution is -0.122. The summed E-state index contributed by atoms with van der Waals surface area (Å²) in [5.74, 6) is 1.90. The van der Waals surface area contributed by atoms with E-state index in [-0.39, 0.29) is 5.91 Å². The normalized spacial score (nSPS) is 18.9. The standard InChI is InChI=1S/C16H25N3O3/c1-11(17)16(20)18-9-12-4-5-19(10-12)13-6-14(21-2)8-15(7-13)22-3/h6-8,11-12H,4-5,9-10,17H2,1-3H3,(H,18,20). The van der Waals surface area contributed by atoms with Crippen molar-refractivity contribution in [3.8, 4) is 11.5 Å². The number of nitrogens with zero attached hydrogens (tertiary/aromatic N) is 1. The molecule has 0 saturated carbocycles. The Balaban J connectivity index is 1.96. The molecule has 122 valence electrons. The van der Waals surface area contributed by atoms with Crippen molar-refractivity contribution in [2.75, 3.05) is 38.8 Å². The lowest BCUT2D eigenvalue weighted by atomic mass is 10.1. The molecule has 0 radical (unpaired) electrons. The number of anilines is 1. The van der Waals surface area contributed by atoms with Crippen molar-refractivity contribution in [1.29, 1.82) is 0 Å². The van der Waals surface area contributed by atoms with Gasteiger partial charge in [-0.2, -0.15) is 0 Å². The third kappa shape index (κ3) is 4.04. The number of carbonyl (C=O) groups excluding carboxylic acids is 1. The van der Waals surface area contributed by atoms with Gasteiger partial charge in [0.1, 0.15) is 11.5 Å². The molecule has 1 aliphatic heterocycles. The molecule has 6 nitrogen and oxygen atoms in total. The fourth-order valence-corrected chi connectivity index (χ4v) is 2.61. The first-order valence-electron chi connectivity index (χ1n) is 7.54. The van der Waals surface area contributed by atoms with Crippen LogP contribution in [0.1, 0.15) is 13.3 Å². The second-order valence-corrected chi connectivity index (χ2v) is 5.71. The van der Waals surface area contributed by atoms with Crippen molar-refractivity contribution < 1.29 is 14.3 Å². The van der Waals surface area contributed by atoms with Crippen LogP contribution in [0.15, 0.2) is 18.2 Å². The molecular weight excluding hydrogens is 282 g/mol. The minimum Gasteiger partial charge on any atom is -0.497 e. The highest BCUT2D eigenvalue weighted by molar-refractivity contribution is 5.80. The molecule has 3 N–H and O–H groups in total. The number of nitrogens with one attached hydrogen (secondary N) is 1. The van der Waals surface area contributed by atoms with E-state index in [0.717, 1.165) is 36.7 Å². The average molecular weight is 307 g/mol. The van der Waals surface area contributed by atoms with Gasteiger partial charge in [0.25, 0.3) is 0 Å². The van der Waals surface area contributed by atoms with Gasteiger partial charge in [-0.25, -0.2) is 0 Å². The molecule has 1 amide bonds. The number of methoxy groups -OCH3 is 2. The minimum atomic E-state index is -0.458. The van der Waals surface area contributed by atoms with Gasteiger partial charge in [0, 0.05) is 43.5 Å². The second-order valence-electron chi connectivity index (χ2n) is 5.71. The maximum atomic E-state index is 11.5. The van der Waals surface area contributed by atoms with Crippen molar-refractivity contribution in [2.24, 2.45) is 11.7 Å². The Bertz CT molecular complexity index is 497. The van der Waals surface area contributed by atoms with Crippen molar-refractivity contribution in [3.05, 3.63) is 18.2 Å². The maximum Gasteiger partial charge on any atom is 0.236 e. The Hall–Kier alpha value is -1.95. The third-order valence-corrected chi connectivity index (χ3v) is 3.97. The summed E-state index contributed by atoms with van der Waals surface area (Å²) >= 11 is 0. The van der Waals surface area contributed by atoms with E-state index in [2.05, 4.69) is 10.2 Å². The van der Waals surface area contributed by atoms with Crippen LogP contribution in [0, 0.1) is 5.92 Å². The number of benzene rings is 1. The van der Waals surface area contributed by atoms with Crippen molar-refractivity contribution in [3.63, 3.8) is 0 Å². The van der Waals surface area contributed by atoms with Gasteiger partial charge in [-0.3, -0.25) is 4.79 Å². The fraction of sp³-hybridized carbons (Fsp3) is 0.562. The van der Waals surface area contributed by atoms with Gasteiger partial charge >= 0.3 is 0 Å². The molecule has 0 bridgehead atoms. The third-order valence-electron chi connectivity index (χ3n) is 3.97. The average Bonchev–Trinajstić information content (AvgIpc) is 3.00. The Morgan fingerprint density at radius 1 is 1.36 bits per heavy atom. The summed E-state index contributed by atoms with van der Waals surface area (Å²) in [6.07, 6.45) is 1.04. The summed E-state index contributed by atoms with van der Waals surface area (Å²) in [7, 11) is 3.30. The van der Waals surface area contributed by atoms with E-state index in [0.29, 0.717) is 12.5 Å². The van der Waals surface area contributed by atoms with Gasteiger partial charge in [-0.05, 0) is 19.3 Å². The lowest BCUT2D eigenvalue weighted by Crippen LogP contribution is -2.40. The van der Waals surface area contributed by atoms with Gasteiger partial charge in [0.15, 0.2) is 0 Å². The van der Waals surface area contributed by atoms with E-state index < -0.39 is 6.04 Å². The zero-order chi connectivity index (χ0) is 16.1. The quantitative estimate of drug-likeness (QED) is 0.820. The smallest absolute Gasteiger partial charge is 0.236 e. The highest BCUT2D eigenvalue weighted by Gasteiger charge is 2.24. The van der Waals surface area contributed by atoms with Crippen LogP contribution in [-0.4, -0.2) is 45.8 Å². The Morgan fingerprint density at radius 2 is 2.00 bits per heavy atom. The Morgan fingerprint density at radius 3 is 2.55 bits per heavy atom. The molecule has 1 aliphatic rings. The number of nitrogens with two attached hydrogens (primary N) is 1. The Kier molecular flexibility index (Phi) is 5.49. The summed E-state index contributed by atoms with van der Waals surface area (Å²) in [5, 5.41) is 2.90. The molecular formula is C16H25N3O3. The van der Waals surface area contributed by atoms with E-state index in [1.165, 1.54) is 0 Å². The first-order chi connectivity index (χ1) is 10.5. The van der Waals surface area contributed by atoms with Crippen molar-refractivity contribution in [2.45, 2.75) is 19.4 Å². The summed E-state index contributed by atoms with van der Waals surface area (Å²) in [4.78, 5) is 13.8. The van der Waals surface area contributed by atoms with E-state index >= 15 is 0 Å². The predicted octanol–water partition coefficient (Wildman–Crippen LogP) is 0.994. The first kappa shape index (κ1) is 16.4. The molecule has 1 saturated heterocycles. The van der Waals surface area contributed by atoms with Crippen LogP contribution in [0.25, 0.3) is 0 Å². The van der Waals surface area contributed by atoms with E-state index in [4.69, 9.17) is 15.2 Å². The minimum absolute atomic E-state index is 0.0958. The van der Waals surface area contributed by atoms with E-state index in [1.807, 2.05) is 18.2 Å². The van der Waals surface area contributed by atoms with Gasteiger partial charge in [-0.15, -0.1) is 0 Å². The molecule has 2 unspecified atom stereocenters. The second kappa shape index (κ2) is 7.35. The van der Waals surface area contributed by atoms with Gasteiger partial charge in [-0.1, -0.05) is 0 Å². The number of hydrogen-bond donors (Lipinski definition) is 2. The van der Waals surface area contributed by atoms with Gasteiger partial charge < -0.3 is 25.4 Å². The monoisotopic (exact) mass is 307 g/mol. The largest absolute Gasteiger partial charge is 0.497 e. The van der Waals surface area contributed by atoms with Crippen molar-refractivity contribution in [1.82, 2.24) is 5.32 Å². The van der Waals surface area contributed by atoms with Crippen LogP contribution >= 0.6 is 0 Å². The molecule has 0 spiro atoms. The van der Waals surface area contributed by atoms with Crippen molar-refractivity contribution >= 4 is 11.6 Å². The summed E-state index contributed by atoms with van der Waals surface area (Å²) in [6, 6.07) is 5.41. The predicted molar refractivity (Wildman–Crippen MR) is 86.5 cm³/mol. The first-order valence-corrected chi connectivity index (χ1v) is 7.54. The molecule has 1 heterocycles. The van der Waals surface area contributed by atoms with Crippen LogP contribution in [0.2, 0.25) is 0 Å². The van der Waals surface area contributed by atoms with E-state index in [1.54, 1.807) is 21.1 Å². The molecule has 0 aromatic heterocycles. The number of rotatable bonds is 6. The summed E-state index contributed by atoms with van der Waals surface area (Å²) in [6.45, 7) is 4.21. The summed E-state index contributed by atoms with van der Waals surface area (Å²) < 4.78 is 10.6. The molecule has 1 aromatic rings. The molecule has 2 atom stereocenters. The Labute approximate surface area is 131 Å². The number of ether oxygens (including phenoxy) is 2. The van der Waals surface area contributed by atoms with Gasteiger partial charge in [0.2, 0.25) is 5.91 Å². The number of amides is 1. The molecule has 22 heavy (non-hydrogen) atoms. The zero-order valence-electron chi connectivity index (χ0n) is 13.5. The number of hydrogen-bond acceptors (Lipinski definition) is 5. The van der Waals surface area contributed by atoms with Crippen LogP contribution < -0.4 is 25.4 Å². The lowest BCUT2D eigenvalue weighted by Gasteiger charge is -2.20. The molecule has 1 aromatic carbocycles. The maximum absolute atomic E-state index is 11.5. The number of carbonyl (C=O) groups is 1. The van der Waals surface area contributed by atoms with Gasteiger partial charge in [0.05, 0.1) is 20.3 Å². The topological polar surface area (TPSA) is 76.8 Å². The van der Waals surface area contributed by atoms with Crippen LogP contribution in [-0.2, 0) is 4.79 Å². The molecule has 6 heteroatoms. The molecule has 2 rings (SSSR count). The van der Waals surface area contributed by atoms with E-state index in [9.17, 15) is 4.79 Å². The fourth-order valence-electron chi connectivity index (χ4n) is 2.61. The zero-order valence-corrected chi connectivity index (χ0v) is 13.5. The highest BCUT2D eigenvalue weighted by Crippen LogP contribution is 2.31. The summed E-state index contributed by atoms with van der Waals surface area (Å²) in [5.41, 5.74) is 6.63. The van der Waals surface area contributed by atoms with Crippen LogP contribution in [0.3, 0.4) is 0 Å². The molecule has 1 fully saturated rings. The van der Waals surface area contributed by atoms with Crippen LogP contribution in [0.4, 0.5) is 5.69 Å². The highest BCUT2D eigenvalue weighted by atomic mass is 16.5.